The molecule has 3 nitrogen and oxygen atoms in total. The second-order valence-corrected chi connectivity index (χ2v) is 0.677. The molecule has 0 unspecified atom stereocenters. The Hall–Kier alpha value is -0.860. The minimum absolute atomic E-state index is 0.750. The van der Waals surface area contributed by atoms with E-state index in [0.29, 0.717) is 0 Å². The summed E-state index contributed by atoms with van der Waals surface area (Å²) < 4.78 is 9.66. The van der Waals surface area contributed by atoms with E-state index in [1.165, 1.54) is 0 Å². The van der Waals surface area contributed by atoms with Crippen LogP contribution in [0.2, 0.25) is 0 Å². The van der Waals surface area contributed by atoms with E-state index in [2.05, 4.69) is 4.74 Å². The van der Waals surface area contributed by atoms with Gasteiger partial charge in [0.05, 0.1) is 0 Å². The van der Waals surface area contributed by atoms with Crippen molar-refractivity contribution >= 4 is 12.4 Å². The summed E-state index contributed by atoms with van der Waals surface area (Å²) in [7, 11) is 0. The number of carbonyl (C=O) groups is 2. The van der Waals surface area contributed by atoms with Crippen molar-refractivity contribution in [1.82, 2.24) is 0 Å². The lowest BCUT2D eigenvalue weighted by atomic mass is 10.8. The van der Waals surface area contributed by atoms with Crippen molar-refractivity contribution in [2.24, 2.45) is 0 Å². The van der Waals surface area contributed by atoms with Gasteiger partial charge in [-0.05, 0) is 0 Å². The Balaban J connectivity index is 3.32. The first-order chi connectivity index (χ1) is 3.13. The largest absolute Gasteiger partial charge is 0.396 e. The highest BCUT2D eigenvalue weighted by Crippen LogP contribution is 1.62. The SMILES string of the molecule is [3H]C(=O)OC(C)=O. The van der Waals surface area contributed by atoms with E-state index in [9.17, 15) is 9.59 Å². The molecule has 0 aliphatic carbocycles. The summed E-state index contributed by atoms with van der Waals surface area (Å²) in [6.07, 6.45) is -1.31. The fourth-order valence-corrected chi connectivity index (χ4v) is 0.0587. The number of esters is 1. The van der Waals surface area contributed by atoms with Crippen molar-refractivity contribution in [2.45, 2.75) is 6.92 Å². The molecule has 0 aromatic carbocycles. The lowest BCUT2D eigenvalue weighted by Gasteiger charge is -1.78. The number of hydrogen-bond donors (Lipinski definition) is 0. The third-order valence-electron chi connectivity index (χ3n) is 0.185. The fourth-order valence-electron chi connectivity index (χ4n) is 0.0587. The molecule has 0 fully saturated rings. The van der Waals surface area contributed by atoms with Gasteiger partial charge in [0.2, 0.25) is 0 Å². The van der Waals surface area contributed by atoms with Gasteiger partial charge in [0.1, 0.15) is 0 Å². The molecule has 0 atom stereocenters. The van der Waals surface area contributed by atoms with Gasteiger partial charge in [-0.3, -0.25) is 9.59 Å². The molecule has 3 heteroatoms. The van der Waals surface area contributed by atoms with Gasteiger partial charge >= 0.3 is 12.4 Å². The van der Waals surface area contributed by atoms with Gasteiger partial charge in [0, 0.05) is 6.92 Å². The quantitative estimate of drug-likeness (QED) is 0.233. The van der Waals surface area contributed by atoms with E-state index < -0.39 is 12.4 Å². The van der Waals surface area contributed by atoms with Gasteiger partial charge in [-0.15, -0.1) is 0 Å². The molecule has 0 saturated heterocycles. The minimum atomic E-state index is -1.31. The predicted octanol–water partition coefficient (Wildman–Crippen LogP) is -0.294. The molecule has 6 heavy (non-hydrogen) atoms. The van der Waals surface area contributed by atoms with Crippen LogP contribution in [0.5, 0.6) is 0 Å². The monoisotopic (exact) mass is 90.0 g/mol. The van der Waals surface area contributed by atoms with Crippen LogP contribution in [0.15, 0.2) is 0 Å². The number of carbonyl (C=O) groups excluding carboxylic acids is 2. The van der Waals surface area contributed by atoms with Crippen LogP contribution in [0.4, 0.5) is 0 Å². The Kier molecular flexibility index (Phi) is 1.32. The van der Waals surface area contributed by atoms with Crippen molar-refractivity contribution in [2.75, 3.05) is 0 Å². The number of rotatable bonds is 0. The molecule has 0 rings (SSSR count). The van der Waals surface area contributed by atoms with E-state index in [0.717, 1.165) is 6.92 Å². The summed E-state index contributed by atoms with van der Waals surface area (Å²) in [6, 6.07) is 0. The highest BCUT2D eigenvalue weighted by atomic mass is 16.6. The van der Waals surface area contributed by atoms with E-state index in [-0.39, 0.29) is 0 Å². The zero-order valence-electron chi connectivity index (χ0n) is 4.22. The average Bonchev–Trinajstić information content (AvgIpc) is 1.27. The van der Waals surface area contributed by atoms with E-state index >= 15 is 0 Å². The molecule has 0 N–H and O–H groups in total. The van der Waals surface area contributed by atoms with Gasteiger partial charge in [-0.2, -0.15) is 0 Å². The summed E-state index contributed by atoms with van der Waals surface area (Å²) in [5.41, 5.74) is 0. The maximum atomic E-state index is 9.69. The normalized spacial score (nSPS) is 9.17. The molecule has 0 aromatic heterocycles. The van der Waals surface area contributed by atoms with Crippen LogP contribution < -0.4 is 0 Å². The second kappa shape index (κ2) is 2.38. The molecular weight excluding hydrogens is 84.0 g/mol. The summed E-state index contributed by atoms with van der Waals surface area (Å²) in [4.78, 5) is 19.2. The molecule has 0 aliphatic rings. The van der Waals surface area contributed by atoms with Crippen LogP contribution in [0.1, 0.15) is 8.29 Å². The standard InChI is InChI=1S/C3H4O3/c1-3(5)6-2-4/h2H,1H3/i2T. The van der Waals surface area contributed by atoms with Crippen LogP contribution in [-0.4, -0.2) is 12.4 Å². The zero-order valence-corrected chi connectivity index (χ0v) is 3.22. The highest BCUT2D eigenvalue weighted by Gasteiger charge is 1.82. The lowest BCUT2D eigenvalue weighted by Crippen LogP contribution is -1.93. The zero-order chi connectivity index (χ0) is 5.86. The topological polar surface area (TPSA) is 43.4 Å². The van der Waals surface area contributed by atoms with Crippen LogP contribution in [-0.2, 0) is 14.3 Å². The fraction of sp³-hybridized carbons (Fsp3) is 0.333. The number of ether oxygens (including phenoxy) is 1. The molecule has 0 spiro atoms. The Morgan fingerprint density at radius 3 is 2.67 bits per heavy atom. The van der Waals surface area contributed by atoms with Crippen LogP contribution >= 0.6 is 0 Å². The maximum Gasteiger partial charge on any atom is 0.310 e. The summed E-state index contributed by atoms with van der Waals surface area (Å²) >= 11 is 0. The Labute approximate surface area is 36.3 Å². The van der Waals surface area contributed by atoms with Crippen molar-refractivity contribution in [3.05, 3.63) is 0 Å². The summed E-state index contributed by atoms with van der Waals surface area (Å²) in [5, 5.41) is 0. The molecule has 0 aliphatic heterocycles. The van der Waals surface area contributed by atoms with Gasteiger partial charge in [0.25, 0.3) is 0 Å². The van der Waals surface area contributed by atoms with Crippen LogP contribution in [0.3, 0.4) is 0 Å². The average molecular weight is 90.1 g/mol. The Morgan fingerprint density at radius 1 is 2.17 bits per heavy atom. The maximum absolute atomic E-state index is 9.69. The first-order valence-corrected chi connectivity index (χ1v) is 1.32. The van der Waals surface area contributed by atoms with Crippen molar-refractivity contribution in [3.63, 3.8) is 0 Å². The summed E-state index contributed by atoms with van der Waals surface area (Å²) in [6.45, 7) is 1.06. The van der Waals surface area contributed by atoms with Crippen LogP contribution in [0.25, 0.3) is 0 Å². The molecule has 0 amide bonds. The molecule has 34 valence electrons. The lowest BCUT2D eigenvalue weighted by molar-refractivity contribution is -0.149. The van der Waals surface area contributed by atoms with E-state index in [1.54, 1.807) is 0 Å². The predicted molar refractivity (Wildman–Crippen MR) is 17.8 cm³/mol. The highest BCUT2D eigenvalue weighted by molar-refractivity contribution is 5.73. The third kappa shape index (κ3) is 3.14. The first kappa shape index (κ1) is 3.33. The van der Waals surface area contributed by atoms with E-state index in [4.69, 9.17) is 1.37 Å². The first-order valence-electron chi connectivity index (χ1n) is 1.82. The molecule has 0 aromatic rings. The smallest absolute Gasteiger partial charge is 0.310 e. The molecular formula is C3H4O3. The third-order valence-corrected chi connectivity index (χ3v) is 0.185. The van der Waals surface area contributed by atoms with Crippen molar-refractivity contribution in [3.8, 4) is 0 Å². The van der Waals surface area contributed by atoms with Gasteiger partial charge in [0.15, 0.2) is 1.37 Å². The van der Waals surface area contributed by atoms with E-state index in [1.807, 2.05) is 0 Å². The van der Waals surface area contributed by atoms with Gasteiger partial charge in [-0.25, -0.2) is 0 Å². The van der Waals surface area contributed by atoms with Crippen LogP contribution in [0, 0.1) is 0 Å². The Bertz CT molecular complexity index is 86.4. The second-order valence-electron chi connectivity index (χ2n) is 0.677. The molecule has 0 radical (unpaired) electrons. The Morgan fingerprint density at radius 2 is 2.67 bits per heavy atom. The van der Waals surface area contributed by atoms with Crippen molar-refractivity contribution < 1.29 is 15.7 Å². The van der Waals surface area contributed by atoms with Gasteiger partial charge in [-0.1, -0.05) is 0 Å². The van der Waals surface area contributed by atoms with Crippen molar-refractivity contribution in [1.29, 1.82) is 0 Å². The molecule has 0 saturated carbocycles. The number of hydrogen-bond acceptors (Lipinski definition) is 3. The van der Waals surface area contributed by atoms with Gasteiger partial charge < -0.3 is 4.74 Å². The summed E-state index contributed by atoms with van der Waals surface area (Å²) in [5.74, 6) is -0.750. The molecule has 0 heterocycles. The minimum Gasteiger partial charge on any atom is -0.396 e. The molecule has 0 bridgehead atoms.